The first-order valence-electron chi connectivity index (χ1n) is 8.72. The third kappa shape index (κ3) is 7.63. The van der Waals surface area contributed by atoms with Crippen molar-refractivity contribution in [3.8, 4) is 5.75 Å². The van der Waals surface area contributed by atoms with Gasteiger partial charge in [0.25, 0.3) is 5.91 Å². The maximum atomic E-state index is 12.1. The van der Waals surface area contributed by atoms with Gasteiger partial charge < -0.3 is 14.8 Å². The van der Waals surface area contributed by atoms with Gasteiger partial charge in [-0.25, -0.2) is 4.79 Å². The molecule has 1 aliphatic carbocycles. The molecule has 0 aromatic heterocycles. The maximum absolute atomic E-state index is 12.1. The van der Waals surface area contributed by atoms with Crippen molar-refractivity contribution in [1.82, 2.24) is 5.32 Å². The molecular weight excluding hydrogens is 344 g/mol. The Morgan fingerprint density at radius 3 is 2.38 bits per heavy atom. The first-order chi connectivity index (χ1) is 12.5. The van der Waals surface area contributed by atoms with Crippen LogP contribution >= 0.6 is 0 Å². The molecule has 1 N–H and O–H groups in total. The van der Waals surface area contributed by atoms with Crippen molar-refractivity contribution in [2.24, 2.45) is 0 Å². The number of benzene rings is 1. The second-order valence-electron chi connectivity index (χ2n) is 6.14. The van der Waals surface area contributed by atoms with Gasteiger partial charge in [-0.05, 0) is 36.6 Å². The Hall–Kier alpha value is -2.44. The second kappa shape index (κ2) is 10.5. The highest BCUT2D eigenvalue weighted by molar-refractivity contribution is 5.89. The quantitative estimate of drug-likeness (QED) is 0.454. The van der Waals surface area contributed by atoms with Crippen LogP contribution in [0.1, 0.15) is 44.1 Å². The highest BCUT2D eigenvalue weighted by Gasteiger charge is 2.15. The van der Waals surface area contributed by atoms with Gasteiger partial charge in [0.05, 0.1) is 0 Å². The third-order valence-corrected chi connectivity index (χ3v) is 4.08. The summed E-state index contributed by atoms with van der Waals surface area (Å²) in [6, 6.07) is 5.96. The van der Waals surface area contributed by atoms with Crippen molar-refractivity contribution in [1.29, 1.82) is 0 Å². The van der Waals surface area contributed by atoms with Crippen molar-refractivity contribution in [3.05, 3.63) is 35.9 Å². The van der Waals surface area contributed by atoms with E-state index in [1.54, 1.807) is 0 Å². The molecule has 0 bridgehead atoms. The largest absolute Gasteiger partial charge is 0.452 e. The van der Waals surface area contributed by atoms with Gasteiger partial charge in [-0.15, -0.1) is 0 Å². The normalized spacial score (nSPS) is 15.7. The summed E-state index contributed by atoms with van der Waals surface area (Å²) < 4.78 is 33.3. The first-order valence-corrected chi connectivity index (χ1v) is 8.72. The SMILES string of the molecule is O=C(COC(=O)C=Cc1ccc(OC(F)F)cc1)NC1CCCCCC1. The highest BCUT2D eigenvalue weighted by Crippen LogP contribution is 2.17. The fourth-order valence-electron chi connectivity index (χ4n) is 2.80. The Balaban J connectivity index is 1.71. The monoisotopic (exact) mass is 367 g/mol. The number of alkyl halides is 2. The molecule has 5 nitrogen and oxygen atoms in total. The first kappa shape index (κ1) is 19.9. The summed E-state index contributed by atoms with van der Waals surface area (Å²) in [7, 11) is 0. The Kier molecular flexibility index (Phi) is 8.05. The highest BCUT2D eigenvalue weighted by atomic mass is 19.3. The van der Waals surface area contributed by atoms with E-state index >= 15 is 0 Å². The zero-order chi connectivity index (χ0) is 18.8. The predicted molar refractivity (Wildman–Crippen MR) is 92.7 cm³/mol. The smallest absolute Gasteiger partial charge is 0.387 e. The van der Waals surface area contributed by atoms with Crippen molar-refractivity contribution in [2.75, 3.05) is 6.61 Å². The minimum Gasteiger partial charge on any atom is -0.452 e. The van der Waals surface area contributed by atoms with Gasteiger partial charge in [-0.2, -0.15) is 8.78 Å². The number of hydrogen-bond donors (Lipinski definition) is 1. The fraction of sp³-hybridized carbons (Fsp3) is 0.474. The van der Waals surface area contributed by atoms with Crippen molar-refractivity contribution in [3.63, 3.8) is 0 Å². The lowest BCUT2D eigenvalue weighted by atomic mass is 10.1. The fourth-order valence-corrected chi connectivity index (χ4v) is 2.80. The van der Waals surface area contributed by atoms with Gasteiger partial charge in [-0.1, -0.05) is 37.8 Å². The van der Waals surface area contributed by atoms with Crippen LogP contribution in [0.15, 0.2) is 30.3 Å². The number of hydrogen-bond acceptors (Lipinski definition) is 4. The number of amides is 1. The molecule has 7 heteroatoms. The van der Waals surface area contributed by atoms with E-state index in [1.165, 1.54) is 49.3 Å². The Morgan fingerprint density at radius 1 is 1.12 bits per heavy atom. The number of ether oxygens (including phenoxy) is 2. The average molecular weight is 367 g/mol. The predicted octanol–water partition coefficient (Wildman–Crippen LogP) is 3.68. The molecule has 0 radical (unpaired) electrons. The third-order valence-electron chi connectivity index (χ3n) is 4.08. The van der Waals surface area contributed by atoms with Gasteiger partial charge in [0.1, 0.15) is 5.75 Å². The molecule has 1 saturated carbocycles. The van der Waals surface area contributed by atoms with E-state index in [0.717, 1.165) is 25.7 Å². The zero-order valence-electron chi connectivity index (χ0n) is 14.5. The number of carbonyl (C=O) groups excluding carboxylic acids is 2. The van der Waals surface area contributed by atoms with E-state index in [0.29, 0.717) is 5.56 Å². The molecule has 2 rings (SSSR count). The molecule has 142 valence electrons. The van der Waals surface area contributed by atoms with Gasteiger partial charge in [0.15, 0.2) is 6.61 Å². The molecule has 1 amide bonds. The van der Waals surface area contributed by atoms with E-state index in [1.807, 2.05) is 0 Å². The lowest BCUT2D eigenvalue weighted by Gasteiger charge is -2.15. The lowest BCUT2D eigenvalue weighted by molar-refractivity contribution is -0.144. The van der Waals surface area contributed by atoms with Crippen LogP contribution in [0.5, 0.6) is 5.75 Å². The van der Waals surface area contributed by atoms with Crippen LogP contribution in [-0.4, -0.2) is 31.1 Å². The molecule has 0 saturated heterocycles. The van der Waals surface area contributed by atoms with E-state index in [9.17, 15) is 18.4 Å². The maximum Gasteiger partial charge on any atom is 0.387 e. The summed E-state index contributed by atoms with van der Waals surface area (Å²) in [5.74, 6) is -0.906. The number of halogens is 2. The summed E-state index contributed by atoms with van der Waals surface area (Å²) in [4.78, 5) is 23.5. The molecular formula is C19H23F2NO4. The van der Waals surface area contributed by atoms with Gasteiger partial charge >= 0.3 is 12.6 Å². The topological polar surface area (TPSA) is 64.6 Å². The molecule has 0 unspecified atom stereocenters. The summed E-state index contributed by atoms with van der Waals surface area (Å²) in [5, 5.41) is 2.89. The average Bonchev–Trinajstić information content (AvgIpc) is 2.87. The molecule has 0 heterocycles. The second-order valence-corrected chi connectivity index (χ2v) is 6.14. The van der Waals surface area contributed by atoms with Crippen LogP contribution in [0.2, 0.25) is 0 Å². The van der Waals surface area contributed by atoms with Gasteiger partial charge in [0, 0.05) is 12.1 Å². The van der Waals surface area contributed by atoms with Crippen LogP contribution in [0.25, 0.3) is 6.08 Å². The molecule has 1 aromatic carbocycles. The Morgan fingerprint density at radius 2 is 1.77 bits per heavy atom. The summed E-state index contributed by atoms with van der Waals surface area (Å²) in [6.07, 6.45) is 9.18. The number of esters is 1. The van der Waals surface area contributed by atoms with E-state index in [2.05, 4.69) is 10.1 Å². The zero-order valence-corrected chi connectivity index (χ0v) is 14.5. The molecule has 26 heavy (non-hydrogen) atoms. The van der Waals surface area contributed by atoms with Crippen LogP contribution in [0.4, 0.5) is 8.78 Å². The van der Waals surface area contributed by atoms with Crippen LogP contribution in [0.3, 0.4) is 0 Å². The Bertz CT molecular complexity index is 608. The van der Waals surface area contributed by atoms with Crippen LogP contribution in [-0.2, 0) is 14.3 Å². The molecule has 1 aromatic rings. The van der Waals surface area contributed by atoms with Crippen LogP contribution in [0, 0.1) is 0 Å². The minimum absolute atomic E-state index is 0.0370. The Labute approximate surface area is 151 Å². The van der Waals surface area contributed by atoms with Crippen molar-refractivity contribution >= 4 is 18.0 Å². The molecule has 0 atom stereocenters. The van der Waals surface area contributed by atoms with Crippen molar-refractivity contribution in [2.45, 2.75) is 51.2 Å². The number of carbonyl (C=O) groups is 2. The summed E-state index contributed by atoms with van der Waals surface area (Å²) >= 11 is 0. The standard InChI is InChI=1S/C19H23F2NO4/c20-19(21)26-16-10-7-14(8-11-16)9-12-18(24)25-13-17(23)22-15-5-3-1-2-4-6-15/h7-12,15,19H,1-6,13H2,(H,22,23). The summed E-state index contributed by atoms with van der Waals surface area (Å²) in [6.45, 7) is -3.20. The minimum atomic E-state index is -2.88. The molecule has 0 spiro atoms. The van der Waals surface area contributed by atoms with Crippen molar-refractivity contribution < 1.29 is 27.8 Å². The van der Waals surface area contributed by atoms with E-state index in [4.69, 9.17) is 4.74 Å². The number of rotatable bonds is 7. The van der Waals surface area contributed by atoms with E-state index in [-0.39, 0.29) is 24.3 Å². The van der Waals surface area contributed by atoms with Gasteiger partial charge in [-0.3, -0.25) is 4.79 Å². The lowest BCUT2D eigenvalue weighted by Crippen LogP contribution is -2.37. The molecule has 1 fully saturated rings. The molecule has 0 aliphatic heterocycles. The van der Waals surface area contributed by atoms with E-state index < -0.39 is 12.6 Å². The molecule has 1 aliphatic rings. The van der Waals surface area contributed by atoms with Gasteiger partial charge in [0.2, 0.25) is 0 Å². The van der Waals surface area contributed by atoms with Crippen LogP contribution < -0.4 is 10.1 Å². The summed E-state index contributed by atoms with van der Waals surface area (Å²) in [5.41, 5.74) is 0.617. The number of nitrogens with one attached hydrogen (secondary N) is 1.